The molecule has 1 aliphatic heterocycles. The Labute approximate surface area is 206 Å². The Balaban J connectivity index is 1.57. The van der Waals surface area contributed by atoms with Crippen molar-refractivity contribution < 1.29 is 22.8 Å². The lowest BCUT2D eigenvalue weighted by Gasteiger charge is -2.19. The largest absolute Gasteiger partial charge is 0.383 e. The van der Waals surface area contributed by atoms with E-state index in [0.717, 1.165) is 10.2 Å². The summed E-state index contributed by atoms with van der Waals surface area (Å²) in [5, 5.41) is 7.02. The van der Waals surface area contributed by atoms with Crippen molar-refractivity contribution in [3.8, 4) is 11.3 Å². The number of carbonyl (C=O) groups is 2. The number of likely N-dealkylation sites (tertiary alicyclic amines) is 1. The number of hydrogen-bond donors (Lipinski definition) is 3. The topological polar surface area (TPSA) is 119 Å². The maximum Gasteiger partial charge on any atom is 0.283 e. The van der Waals surface area contributed by atoms with Gasteiger partial charge in [0.25, 0.3) is 17.7 Å². The molecule has 11 heteroatoms. The first-order valence-electron chi connectivity index (χ1n) is 11.4. The van der Waals surface area contributed by atoms with E-state index in [0.29, 0.717) is 17.7 Å². The van der Waals surface area contributed by atoms with Crippen LogP contribution in [-0.2, 0) is 6.54 Å². The maximum absolute atomic E-state index is 14.7. The number of rotatable bonds is 7. The average Bonchev–Trinajstić information content (AvgIpc) is 3.34. The van der Waals surface area contributed by atoms with Crippen molar-refractivity contribution in [3.63, 3.8) is 0 Å². The molecule has 1 aliphatic rings. The number of nitrogens with zero attached hydrogens (tertiary/aromatic N) is 3. The minimum absolute atomic E-state index is 0.0381. The zero-order valence-electron chi connectivity index (χ0n) is 19.9. The summed E-state index contributed by atoms with van der Waals surface area (Å²) < 4.78 is 43.9. The molecule has 5 N–H and O–H groups in total. The van der Waals surface area contributed by atoms with Gasteiger partial charge in [0.05, 0.1) is 6.54 Å². The number of nitrogen functional groups attached to an aromatic ring is 1. The monoisotopic (exact) mass is 500 g/mol. The third-order valence-electron chi connectivity index (χ3n) is 6.41. The van der Waals surface area contributed by atoms with Gasteiger partial charge in [-0.05, 0) is 36.7 Å². The second-order valence-corrected chi connectivity index (χ2v) is 8.86. The highest BCUT2D eigenvalue weighted by molar-refractivity contribution is 6.03. The van der Waals surface area contributed by atoms with Crippen molar-refractivity contribution in [2.45, 2.75) is 32.4 Å². The van der Waals surface area contributed by atoms with Gasteiger partial charge in [-0.15, -0.1) is 0 Å². The van der Waals surface area contributed by atoms with Crippen molar-refractivity contribution in [1.29, 1.82) is 0 Å². The van der Waals surface area contributed by atoms with Crippen molar-refractivity contribution in [2.24, 2.45) is 5.73 Å². The van der Waals surface area contributed by atoms with Crippen molar-refractivity contribution >= 4 is 17.6 Å². The molecular formula is C25H27F3N6O2. The van der Waals surface area contributed by atoms with Crippen LogP contribution >= 0.6 is 0 Å². The molecule has 0 spiro atoms. The fraction of sp³-hybridized carbons (Fsp3) is 0.320. The summed E-state index contributed by atoms with van der Waals surface area (Å²) in [4.78, 5) is 26.2. The van der Waals surface area contributed by atoms with E-state index in [-0.39, 0.29) is 35.7 Å². The molecule has 1 atom stereocenters. The predicted octanol–water partition coefficient (Wildman–Crippen LogP) is 3.12. The summed E-state index contributed by atoms with van der Waals surface area (Å²) >= 11 is 0. The summed E-state index contributed by atoms with van der Waals surface area (Å²) in [5.74, 6) is -5.08. The Bertz CT molecular complexity index is 1310. The van der Waals surface area contributed by atoms with Gasteiger partial charge < -0.3 is 16.8 Å². The van der Waals surface area contributed by atoms with Crippen LogP contribution in [0.1, 0.15) is 44.8 Å². The maximum atomic E-state index is 14.7. The number of alkyl halides is 2. The van der Waals surface area contributed by atoms with E-state index in [4.69, 9.17) is 11.5 Å². The minimum atomic E-state index is -3.08. The number of anilines is 1. The minimum Gasteiger partial charge on any atom is -0.383 e. The van der Waals surface area contributed by atoms with Gasteiger partial charge in [0.2, 0.25) is 0 Å². The fourth-order valence-corrected chi connectivity index (χ4v) is 4.37. The number of hydrogen-bond acceptors (Lipinski definition) is 5. The van der Waals surface area contributed by atoms with E-state index in [1.54, 1.807) is 43.0 Å². The lowest BCUT2D eigenvalue weighted by molar-refractivity contribution is -0.0241. The van der Waals surface area contributed by atoms with Gasteiger partial charge in [-0.2, -0.15) is 5.10 Å². The molecule has 0 bridgehead atoms. The lowest BCUT2D eigenvalue weighted by Crippen LogP contribution is -2.31. The first kappa shape index (κ1) is 25.2. The number of halogens is 3. The van der Waals surface area contributed by atoms with Crippen LogP contribution in [0.3, 0.4) is 0 Å². The predicted molar refractivity (Wildman–Crippen MR) is 129 cm³/mol. The Morgan fingerprint density at radius 2 is 1.89 bits per heavy atom. The quantitative estimate of drug-likeness (QED) is 0.461. The number of benzene rings is 2. The molecule has 0 aliphatic carbocycles. The Morgan fingerprint density at radius 3 is 2.50 bits per heavy atom. The Hall–Kier alpha value is -3.86. The molecule has 2 heterocycles. The number of carbonyl (C=O) groups excluding carboxylic acids is 2. The normalized spacial score (nSPS) is 17.3. The van der Waals surface area contributed by atoms with E-state index in [1.807, 2.05) is 0 Å². The van der Waals surface area contributed by atoms with Gasteiger partial charge in [-0.1, -0.05) is 37.3 Å². The fourth-order valence-electron chi connectivity index (χ4n) is 4.37. The number of likely N-dealkylation sites (N-methyl/N-ethyl adjacent to an activating group) is 1. The molecule has 4 rings (SSSR count). The van der Waals surface area contributed by atoms with Gasteiger partial charge in [-0.25, -0.2) is 17.9 Å². The Morgan fingerprint density at radius 1 is 1.19 bits per heavy atom. The number of primary amides is 1. The molecule has 0 saturated carbocycles. The van der Waals surface area contributed by atoms with Crippen molar-refractivity contribution in [3.05, 3.63) is 70.5 Å². The third kappa shape index (κ3) is 4.78. The van der Waals surface area contributed by atoms with Gasteiger partial charge in [0.15, 0.2) is 0 Å². The molecule has 36 heavy (non-hydrogen) atoms. The average molecular weight is 501 g/mol. The summed E-state index contributed by atoms with van der Waals surface area (Å²) in [6.45, 7) is 3.72. The highest BCUT2D eigenvalue weighted by atomic mass is 19.3. The summed E-state index contributed by atoms with van der Waals surface area (Å²) in [6.07, 6.45) is 0. The molecule has 190 valence electrons. The lowest BCUT2D eigenvalue weighted by atomic mass is 10.0. The van der Waals surface area contributed by atoms with Crippen LogP contribution in [0, 0.1) is 12.7 Å². The number of aryl methyl sites for hydroxylation is 1. The van der Waals surface area contributed by atoms with Crippen molar-refractivity contribution in [1.82, 2.24) is 20.0 Å². The van der Waals surface area contributed by atoms with Crippen molar-refractivity contribution in [2.75, 3.05) is 25.4 Å². The van der Waals surface area contributed by atoms with E-state index >= 15 is 0 Å². The first-order valence-corrected chi connectivity index (χ1v) is 11.4. The number of nitrogens with two attached hydrogens (primary N) is 2. The number of nitrogens with one attached hydrogen (secondary N) is 1. The molecule has 3 aromatic rings. The molecule has 0 radical (unpaired) electrons. The highest BCUT2D eigenvalue weighted by Gasteiger charge is 2.50. The van der Waals surface area contributed by atoms with Crippen LogP contribution in [0.25, 0.3) is 11.3 Å². The summed E-state index contributed by atoms with van der Waals surface area (Å²) in [7, 11) is 0. The second kappa shape index (κ2) is 9.65. The molecule has 1 fully saturated rings. The van der Waals surface area contributed by atoms with Crippen LogP contribution < -0.4 is 16.8 Å². The van der Waals surface area contributed by atoms with E-state index in [1.165, 1.54) is 18.2 Å². The zero-order chi connectivity index (χ0) is 26.2. The number of aromatic nitrogens is 2. The van der Waals surface area contributed by atoms with E-state index < -0.39 is 36.1 Å². The second-order valence-electron chi connectivity index (χ2n) is 8.86. The van der Waals surface area contributed by atoms with E-state index in [9.17, 15) is 22.8 Å². The molecule has 1 unspecified atom stereocenters. The summed E-state index contributed by atoms with van der Waals surface area (Å²) in [5.41, 5.74) is 13.7. The SMILES string of the molecule is CCN1CC(n2nc(-c3ccc(CNC(=O)c4cc(F)ccc4C)cc3)c(C(N)=O)c2N)C(F)(F)C1. The van der Waals surface area contributed by atoms with Crippen LogP contribution in [0.2, 0.25) is 0 Å². The van der Waals surface area contributed by atoms with Gasteiger partial charge in [0, 0.05) is 24.2 Å². The summed E-state index contributed by atoms with van der Waals surface area (Å²) in [6, 6.07) is 9.32. The molecule has 2 aromatic carbocycles. The van der Waals surface area contributed by atoms with Crippen LogP contribution in [-0.4, -0.2) is 52.1 Å². The van der Waals surface area contributed by atoms with Crippen LogP contribution in [0.4, 0.5) is 19.0 Å². The van der Waals surface area contributed by atoms with Gasteiger partial charge in [-0.3, -0.25) is 14.5 Å². The zero-order valence-corrected chi connectivity index (χ0v) is 19.9. The smallest absolute Gasteiger partial charge is 0.283 e. The molecule has 8 nitrogen and oxygen atoms in total. The molecular weight excluding hydrogens is 473 g/mol. The Kier molecular flexibility index (Phi) is 6.77. The first-order chi connectivity index (χ1) is 17.0. The van der Waals surface area contributed by atoms with Crippen LogP contribution in [0.5, 0.6) is 0 Å². The highest BCUT2D eigenvalue weighted by Crippen LogP contribution is 2.40. The number of amides is 2. The molecule has 1 aromatic heterocycles. The van der Waals surface area contributed by atoms with Crippen LogP contribution in [0.15, 0.2) is 42.5 Å². The van der Waals surface area contributed by atoms with Gasteiger partial charge in [0.1, 0.15) is 28.9 Å². The molecule has 1 saturated heterocycles. The standard InChI is InChI=1S/C25H27F3N6O2/c1-3-33-12-19(25(27,28)13-33)34-22(29)20(23(30)35)21(32-34)16-7-5-15(6-8-16)11-31-24(36)18-10-17(26)9-4-14(18)2/h4-10,19H,3,11-13,29H2,1-2H3,(H2,30,35)(H,31,36). The van der Waals surface area contributed by atoms with Gasteiger partial charge >= 0.3 is 0 Å². The van der Waals surface area contributed by atoms with E-state index in [2.05, 4.69) is 10.4 Å². The third-order valence-corrected chi connectivity index (χ3v) is 6.41. The molecule has 2 amide bonds.